The van der Waals surface area contributed by atoms with E-state index in [1.165, 1.54) is 7.11 Å². The van der Waals surface area contributed by atoms with E-state index in [9.17, 15) is 27.2 Å². The van der Waals surface area contributed by atoms with Gasteiger partial charge >= 0.3 is 12.1 Å². The molecule has 0 saturated carbocycles. The first-order chi connectivity index (χ1) is 15.6. The van der Waals surface area contributed by atoms with E-state index in [1.54, 1.807) is 25.2 Å². The van der Waals surface area contributed by atoms with Crippen LogP contribution in [0.1, 0.15) is 27.9 Å². The Morgan fingerprint density at radius 3 is 2.64 bits per heavy atom. The van der Waals surface area contributed by atoms with E-state index in [2.05, 4.69) is 10.3 Å². The molecule has 2 aromatic carbocycles. The Hall–Kier alpha value is -3.27. The van der Waals surface area contributed by atoms with Crippen molar-refractivity contribution in [3.8, 4) is 0 Å². The summed E-state index contributed by atoms with van der Waals surface area (Å²) in [6, 6.07) is 9.28. The average molecular weight is 465 g/mol. The van der Waals surface area contributed by atoms with Crippen LogP contribution in [0.25, 0.3) is 0 Å². The zero-order chi connectivity index (χ0) is 24.2. The van der Waals surface area contributed by atoms with Crippen molar-refractivity contribution in [2.24, 2.45) is 10.9 Å². The third kappa shape index (κ3) is 5.95. The molecule has 0 spiro atoms. The van der Waals surface area contributed by atoms with E-state index in [0.29, 0.717) is 42.9 Å². The SMILES string of the molecule is CN=C1CCN(Cc2cccc(C(=O)OC)c2)CC1C(=O)Nc1ccc(F)c(C(F)(F)F)c1. The third-order valence-corrected chi connectivity index (χ3v) is 5.42. The maximum atomic E-state index is 13.5. The van der Waals surface area contributed by atoms with Gasteiger partial charge in [-0.15, -0.1) is 0 Å². The number of hydrogen-bond acceptors (Lipinski definition) is 5. The molecule has 2 aromatic rings. The first kappa shape index (κ1) is 24.4. The Kier molecular flexibility index (Phi) is 7.47. The lowest BCUT2D eigenvalue weighted by Gasteiger charge is -2.33. The molecule has 10 heteroatoms. The number of rotatable bonds is 5. The molecule has 1 aliphatic heterocycles. The van der Waals surface area contributed by atoms with Crippen LogP contribution in [-0.2, 0) is 22.3 Å². The Balaban J connectivity index is 1.74. The van der Waals surface area contributed by atoms with Crippen molar-refractivity contribution in [2.45, 2.75) is 19.1 Å². The van der Waals surface area contributed by atoms with Gasteiger partial charge in [-0.05, 0) is 42.3 Å². The van der Waals surface area contributed by atoms with Gasteiger partial charge in [0.15, 0.2) is 0 Å². The number of esters is 1. The quantitative estimate of drug-likeness (QED) is 0.532. The van der Waals surface area contributed by atoms with Gasteiger partial charge in [0.1, 0.15) is 5.82 Å². The second-order valence-electron chi connectivity index (χ2n) is 7.63. The molecule has 0 bridgehead atoms. The fourth-order valence-corrected chi connectivity index (χ4v) is 3.77. The molecule has 1 fully saturated rings. The van der Waals surface area contributed by atoms with E-state index in [4.69, 9.17) is 4.74 Å². The number of carbonyl (C=O) groups is 2. The van der Waals surface area contributed by atoms with Crippen molar-refractivity contribution >= 4 is 23.3 Å². The lowest BCUT2D eigenvalue weighted by molar-refractivity contribution is -0.140. The molecule has 0 aromatic heterocycles. The molecule has 1 unspecified atom stereocenters. The number of aliphatic imine (C=N–C) groups is 1. The normalized spacial score (nSPS) is 18.2. The number of methoxy groups -OCH3 is 1. The largest absolute Gasteiger partial charge is 0.465 e. The second-order valence-corrected chi connectivity index (χ2v) is 7.63. The maximum absolute atomic E-state index is 13.5. The summed E-state index contributed by atoms with van der Waals surface area (Å²) in [5.74, 6) is -3.07. The van der Waals surface area contributed by atoms with Crippen LogP contribution in [0.2, 0.25) is 0 Å². The van der Waals surface area contributed by atoms with Crippen LogP contribution in [0, 0.1) is 11.7 Å². The molecule has 176 valence electrons. The number of amides is 1. The van der Waals surface area contributed by atoms with Crippen LogP contribution in [0.15, 0.2) is 47.5 Å². The van der Waals surface area contributed by atoms with E-state index in [1.807, 2.05) is 11.0 Å². The van der Waals surface area contributed by atoms with E-state index in [0.717, 1.165) is 11.6 Å². The third-order valence-electron chi connectivity index (χ3n) is 5.42. The predicted molar refractivity (Wildman–Crippen MR) is 115 cm³/mol. The van der Waals surface area contributed by atoms with Crippen molar-refractivity contribution in [3.63, 3.8) is 0 Å². The summed E-state index contributed by atoms with van der Waals surface area (Å²) in [7, 11) is 2.86. The lowest BCUT2D eigenvalue weighted by Crippen LogP contribution is -2.45. The highest BCUT2D eigenvalue weighted by Crippen LogP contribution is 2.33. The van der Waals surface area contributed by atoms with Crippen LogP contribution in [0.4, 0.5) is 23.2 Å². The first-order valence-corrected chi connectivity index (χ1v) is 10.1. The topological polar surface area (TPSA) is 71.0 Å². The molecule has 1 atom stereocenters. The molecule has 0 radical (unpaired) electrons. The number of anilines is 1. The summed E-state index contributed by atoms with van der Waals surface area (Å²) in [5, 5.41) is 2.46. The van der Waals surface area contributed by atoms with Gasteiger partial charge in [-0.1, -0.05) is 12.1 Å². The van der Waals surface area contributed by atoms with Gasteiger partial charge in [0.05, 0.1) is 24.2 Å². The molecule has 1 aliphatic rings. The molecule has 1 heterocycles. The van der Waals surface area contributed by atoms with Gasteiger partial charge in [0, 0.05) is 38.1 Å². The number of benzene rings is 2. The number of likely N-dealkylation sites (tertiary alicyclic amines) is 1. The molecule has 3 rings (SSSR count). The predicted octanol–water partition coefficient (Wildman–Crippen LogP) is 4.16. The van der Waals surface area contributed by atoms with E-state index >= 15 is 0 Å². The monoisotopic (exact) mass is 465 g/mol. The minimum absolute atomic E-state index is 0.146. The fraction of sp³-hybridized carbons (Fsp3) is 0.348. The van der Waals surface area contributed by atoms with Gasteiger partial charge in [-0.25, -0.2) is 9.18 Å². The molecule has 1 saturated heterocycles. The number of carbonyl (C=O) groups excluding carboxylic acids is 2. The maximum Gasteiger partial charge on any atom is 0.419 e. The summed E-state index contributed by atoms with van der Waals surface area (Å²) in [4.78, 5) is 30.9. The van der Waals surface area contributed by atoms with E-state index in [-0.39, 0.29) is 12.2 Å². The van der Waals surface area contributed by atoms with Crippen LogP contribution >= 0.6 is 0 Å². The number of alkyl halides is 3. The molecular weight excluding hydrogens is 442 g/mol. The van der Waals surface area contributed by atoms with Crippen LogP contribution < -0.4 is 5.32 Å². The van der Waals surface area contributed by atoms with Gasteiger partial charge in [0.2, 0.25) is 5.91 Å². The summed E-state index contributed by atoms with van der Waals surface area (Å²) < 4.78 is 57.3. The van der Waals surface area contributed by atoms with Gasteiger partial charge in [-0.2, -0.15) is 13.2 Å². The van der Waals surface area contributed by atoms with Crippen molar-refractivity contribution < 1.29 is 31.9 Å². The lowest BCUT2D eigenvalue weighted by atomic mass is 9.93. The molecule has 6 nitrogen and oxygen atoms in total. The van der Waals surface area contributed by atoms with Crippen LogP contribution in [0.3, 0.4) is 0 Å². The molecule has 1 N–H and O–H groups in total. The minimum Gasteiger partial charge on any atom is -0.465 e. The van der Waals surface area contributed by atoms with Gasteiger partial charge in [0.25, 0.3) is 0 Å². The summed E-state index contributed by atoms with van der Waals surface area (Å²) >= 11 is 0. The Morgan fingerprint density at radius 2 is 1.97 bits per heavy atom. The zero-order valence-corrected chi connectivity index (χ0v) is 18.1. The number of nitrogens with zero attached hydrogens (tertiary/aromatic N) is 2. The highest BCUT2D eigenvalue weighted by molar-refractivity contribution is 6.10. The summed E-state index contributed by atoms with van der Waals surface area (Å²) in [5.41, 5.74) is 0.300. The standard InChI is InChI=1S/C23H23F4N3O3/c1-28-20-8-9-30(12-14-4-3-5-15(10-14)22(32)33-2)13-17(20)21(31)29-16-6-7-19(24)18(11-16)23(25,26)27/h3-7,10-11,17H,8-9,12-13H2,1-2H3,(H,29,31). The average Bonchev–Trinajstić information content (AvgIpc) is 2.79. The number of halogens is 4. The summed E-state index contributed by atoms with van der Waals surface area (Å²) in [6.07, 6.45) is -4.37. The Labute approximate surface area is 188 Å². The molecule has 1 amide bonds. The fourth-order valence-electron chi connectivity index (χ4n) is 3.77. The highest BCUT2D eigenvalue weighted by atomic mass is 19.4. The van der Waals surface area contributed by atoms with Crippen molar-refractivity contribution in [2.75, 3.05) is 32.6 Å². The number of ether oxygens (including phenoxy) is 1. The minimum atomic E-state index is -4.87. The molecule has 33 heavy (non-hydrogen) atoms. The number of hydrogen-bond donors (Lipinski definition) is 1. The zero-order valence-electron chi connectivity index (χ0n) is 18.1. The van der Waals surface area contributed by atoms with Gasteiger partial charge in [-0.3, -0.25) is 14.7 Å². The van der Waals surface area contributed by atoms with Crippen LogP contribution in [0.5, 0.6) is 0 Å². The highest BCUT2D eigenvalue weighted by Gasteiger charge is 2.35. The number of nitrogens with one attached hydrogen (secondary N) is 1. The summed E-state index contributed by atoms with van der Waals surface area (Å²) in [6.45, 7) is 1.36. The van der Waals surface area contributed by atoms with Crippen molar-refractivity contribution in [1.82, 2.24) is 4.90 Å². The van der Waals surface area contributed by atoms with Crippen molar-refractivity contribution in [3.05, 3.63) is 65.0 Å². The van der Waals surface area contributed by atoms with Crippen LogP contribution in [-0.4, -0.2) is 49.7 Å². The second kappa shape index (κ2) is 10.1. The first-order valence-electron chi connectivity index (χ1n) is 10.1. The molecular formula is C23H23F4N3O3. The van der Waals surface area contributed by atoms with Gasteiger partial charge < -0.3 is 10.1 Å². The smallest absolute Gasteiger partial charge is 0.419 e. The van der Waals surface area contributed by atoms with Crippen molar-refractivity contribution in [1.29, 1.82) is 0 Å². The molecule has 0 aliphatic carbocycles. The Morgan fingerprint density at radius 1 is 1.21 bits per heavy atom. The Bertz CT molecular complexity index is 1070. The number of piperidine rings is 1. The van der Waals surface area contributed by atoms with E-state index < -0.39 is 35.4 Å².